The lowest BCUT2D eigenvalue weighted by Crippen LogP contribution is -2.57. The van der Waals surface area contributed by atoms with Crippen LogP contribution in [0, 0.1) is 0 Å². The first-order chi connectivity index (χ1) is 11.5. The fourth-order valence-electron chi connectivity index (χ4n) is 2.72. The number of hydrogen-bond acceptors (Lipinski definition) is 4. The summed E-state index contributed by atoms with van der Waals surface area (Å²) in [4.78, 5) is 24.5. The van der Waals surface area contributed by atoms with E-state index in [1.54, 1.807) is 36.1 Å². The minimum atomic E-state index is -1.23. The minimum absolute atomic E-state index is 0.167. The Morgan fingerprint density at radius 1 is 1.42 bits per heavy atom. The minimum Gasteiger partial charge on any atom is -0.376 e. The molecule has 1 aromatic carbocycles. The van der Waals surface area contributed by atoms with Crippen LogP contribution in [0.1, 0.15) is 28.4 Å². The van der Waals surface area contributed by atoms with Crippen molar-refractivity contribution in [1.29, 1.82) is 0 Å². The molecule has 3 rings (SSSR count). The van der Waals surface area contributed by atoms with E-state index in [9.17, 15) is 9.59 Å². The van der Waals surface area contributed by atoms with Crippen LogP contribution in [0.4, 0.5) is 0 Å². The molecule has 1 aromatic heterocycles. The molecule has 2 heterocycles. The van der Waals surface area contributed by atoms with Crippen molar-refractivity contribution >= 4 is 11.8 Å². The van der Waals surface area contributed by atoms with Crippen LogP contribution in [0.3, 0.4) is 0 Å². The number of primary amides is 1. The quantitative estimate of drug-likeness (QED) is 0.841. The third-order valence-electron chi connectivity index (χ3n) is 4.21. The maximum atomic E-state index is 12.6. The van der Waals surface area contributed by atoms with Crippen LogP contribution >= 0.6 is 0 Å². The molecule has 1 aliphatic rings. The van der Waals surface area contributed by atoms with Crippen molar-refractivity contribution in [3.05, 3.63) is 53.3 Å². The topological polar surface area (TPSA) is 99.2 Å². The molecule has 1 unspecified atom stereocenters. The van der Waals surface area contributed by atoms with Crippen molar-refractivity contribution in [3.63, 3.8) is 0 Å². The number of carbonyl (C=O) groups is 2. The van der Waals surface area contributed by atoms with Gasteiger partial charge in [0.15, 0.2) is 0 Å². The van der Waals surface area contributed by atoms with Crippen molar-refractivity contribution in [1.82, 2.24) is 15.1 Å². The van der Waals surface area contributed by atoms with Crippen LogP contribution in [0.25, 0.3) is 0 Å². The Morgan fingerprint density at radius 2 is 2.25 bits per heavy atom. The zero-order chi connectivity index (χ0) is 17.2. The molecule has 2 aromatic rings. The number of ether oxygens (including phenoxy) is 1. The number of rotatable bonds is 5. The molecule has 126 valence electrons. The van der Waals surface area contributed by atoms with Crippen LogP contribution in [-0.4, -0.2) is 33.7 Å². The van der Waals surface area contributed by atoms with E-state index in [2.05, 4.69) is 10.4 Å². The molecule has 0 saturated carbocycles. The molecule has 0 spiro atoms. The van der Waals surface area contributed by atoms with E-state index in [-0.39, 0.29) is 12.5 Å². The normalized spacial score (nSPS) is 16.0. The second kappa shape index (κ2) is 6.45. The van der Waals surface area contributed by atoms with Gasteiger partial charge in [0, 0.05) is 18.0 Å². The molecule has 7 nitrogen and oxygen atoms in total. The summed E-state index contributed by atoms with van der Waals surface area (Å²) in [5, 5.41) is 6.81. The van der Waals surface area contributed by atoms with Gasteiger partial charge in [0.25, 0.3) is 5.91 Å². The molecule has 0 aliphatic carbocycles. The Labute approximate surface area is 139 Å². The van der Waals surface area contributed by atoms with Crippen molar-refractivity contribution < 1.29 is 14.3 Å². The number of aromatic nitrogens is 2. The summed E-state index contributed by atoms with van der Waals surface area (Å²) in [6.45, 7) is 2.98. The molecule has 0 fully saturated rings. The highest BCUT2D eigenvalue weighted by atomic mass is 16.5. The summed E-state index contributed by atoms with van der Waals surface area (Å²) in [7, 11) is 0. The summed E-state index contributed by atoms with van der Waals surface area (Å²) in [6, 6.07) is 7.22. The van der Waals surface area contributed by atoms with Crippen LogP contribution in [0.5, 0.6) is 0 Å². The summed E-state index contributed by atoms with van der Waals surface area (Å²) >= 11 is 0. The molecule has 0 saturated heterocycles. The number of carbonyl (C=O) groups excluding carboxylic acids is 2. The van der Waals surface area contributed by atoms with E-state index in [4.69, 9.17) is 10.5 Å². The van der Waals surface area contributed by atoms with Crippen molar-refractivity contribution in [2.24, 2.45) is 5.73 Å². The third kappa shape index (κ3) is 3.30. The molecular formula is C17H20N4O3. The first-order valence-electron chi connectivity index (χ1n) is 7.77. The Balaban J connectivity index is 1.79. The van der Waals surface area contributed by atoms with Gasteiger partial charge in [0.1, 0.15) is 5.54 Å². The molecule has 3 N–H and O–H groups in total. The van der Waals surface area contributed by atoms with Gasteiger partial charge in [0.05, 0.1) is 19.8 Å². The highest BCUT2D eigenvalue weighted by molar-refractivity contribution is 5.98. The Kier molecular flexibility index (Phi) is 4.35. The summed E-state index contributed by atoms with van der Waals surface area (Å²) in [6.07, 6.45) is 4.10. The van der Waals surface area contributed by atoms with E-state index in [1.165, 1.54) is 0 Å². The van der Waals surface area contributed by atoms with Gasteiger partial charge in [-0.15, -0.1) is 0 Å². The first kappa shape index (κ1) is 16.2. The van der Waals surface area contributed by atoms with Gasteiger partial charge in [-0.1, -0.05) is 6.07 Å². The average molecular weight is 328 g/mol. The molecule has 24 heavy (non-hydrogen) atoms. The lowest BCUT2D eigenvalue weighted by atomic mass is 9.98. The van der Waals surface area contributed by atoms with E-state index in [0.717, 1.165) is 17.5 Å². The van der Waals surface area contributed by atoms with Gasteiger partial charge in [-0.3, -0.25) is 14.3 Å². The van der Waals surface area contributed by atoms with Crippen LogP contribution in [-0.2, 0) is 29.1 Å². The van der Waals surface area contributed by atoms with E-state index in [0.29, 0.717) is 18.8 Å². The molecule has 2 amide bonds. The SMILES string of the molecule is CC(Cn1cccn1)(NC(=O)c1ccc2c(c1)CCOC2)C(N)=O. The van der Waals surface area contributed by atoms with E-state index >= 15 is 0 Å². The highest BCUT2D eigenvalue weighted by Gasteiger charge is 2.34. The van der Waals surface area contributed by atoms with Gasteiger partial charge in [0.2, 0.25) is 5.91 Å². The van der Waals surface area contributed by atoms with E-state index in [1.807, 2.05) is 12.1 Å². The van der Waals surface area contributed by atoms with Crippen LogP contribution in [0.2, 0.25) is 0 Å². The largest absolute Gasteiger partial charge is 0.376 e. The lowest BCUT2D eigenvalue weighted by Gasteiger charge is -2.27. The summed E-state index contributed by atoms with van der Waals surface area (Å²) in [5.74, 6) is -0.949. The molecular weight excluding hydrogens is 308 g/mol. The maximum Gasteiger partial charge on any atom is 0.252 e. The Morgan fingerprint density at radius 3 is 2.96 bits per heavy atom. The number of fused-ring (bicyclic) bond motifs is 1. The highest BCUT2D eigenvalue weighted by Crippen LogP contribution is 2.19. The van der Waals surface area contributed by atoms with Gasteiger partial charge in [-0.25, -0.2) is 0 Å². The number of nitrogens with one attached hydrogen (secondary N) is 1. The standard InChI is InChI=1S/C17H20N4O3/c1-17(16(18)23,11-21-7-2-6-19-21)20-15(22)13-3-4-14-10-24-8-5-12(14)9-13/h2-4,6-7,9H,5,8,10-11H2,1H3,(H2,18,23)(H,20,22). The second-order valence-electron chi connectivity index (χ2n) is 6.14. The number of amides is 2. The van der Waals surface area contributed by atoms with Gasteiger partial charge >= 0.3 is 0 Å². The second-order valence-corrected chi connectivity index (χ2v) is 6.14. The molecule has 0 radical (unpaired) electrons. The lowest BCUT2D eigenvalue weighted by molar-refractivity contribution is -0.124. The monoisotopic (exact) mass is 328 g/mol. The van der Waals surface area contributed by atoms with Crippen molar-refractivity contribution in [2.75, 3.05) is 6.61 Å². The predicted octanol–water partition coefficient (Wildman–Crippen LogP) is 0.630. The fourth-order valence-corrected chi connectivity index (χ4v) is 2.72. The fraction of sp³-hybridized carbons (Fsp3) is 0.353. The van der Waals surface area contributed by atoms with Gasteiger partial charge in [-0.2, -0.15) is 5.10 Å². The van der Waals surface area contributed by atoms with Crippen LogP contribution in [0.15, 0.2) is 36.7 Å². The van der Waals surface area contributed by atoms with Gasteiger partial charge in [-0.05, 0) is 42.7 Å². The number of nitrogens with zero attached hydrogens (tertiary/aromatic N) is 2. The van der Waals surface area contributed by atoms with Crippen LogP contribution < -0.4 is 11.1 Å². The van der Waals surface area contributed by atoms with E-state index < -0.39 is 11.4 Å². The van der Waals surface area contributed by atoms with Crippen molar-refractivity contribution in [2.45, 2.75) is 32.0 Å². The first-order valence-corrected chi connectivity index (χ1v) is 7.77. The summed E-state index contributed by atoms with van der Waals surface area (Å²) < 4.78 is 6.96. The molecule has 1 atom stereocenters. The molecule has 7 heteroatoms. The smallest absolute Gasteiger partial charge is 0.252 e. The summed E-state index contributed by atoms with van der Waals surface area (Å²) in [5.41, 5.74) is 6.97. The maximum absolute atomic E-state index is 12.6. The third-order valence-corrected chi connectivity index (χ3v) is 4.21. The van der Waals surface area contributed by atoms with Gasteiger partial charge < -0.3 is 15.8 Å². The average Bonchev–Trinajstić information content (AvgIpc) is 3.06. The molecule has 0 bridgehead atoms. The number of nitrogens with two attached hydrogens (primary N) is 1. The number of hydrogen-bond donors (Lipinski definition) is 2. The van der Waals surface area contributed by atoms with Crippen molar-refractivity contribution in [3.8, 4) is 0 Å². The zero-order valence-electron chi connectivity index (χ0n) is 13.5. The zero-order valence-corrected chi connectivity index (χ0v) is 13.5. The number of benzene rings is 1. The Hall–Kier alpha value is -2.67. The Bertz CT molecular complexity index is 757. The molecule has 1 aliphatic heterocycles. The predicted molar refractivity (Wildman–Crippen MR) is 87.1 cm³/mol.